The number of hydrogen-bond donors (Lipinski definition) is 1. The lowest BCUT2D eigenvalue weighted by atomic mass is 10.1. The fourth-order valence-electron chi connectivity index (χ4n) is 1.31. The van der Waals surface area contributed by atoms with Crippen LogP contribution in [0.15, 0.2) is 24.5 Å². The van der Waals surface area contributed by atoms with E-state index in [1.165, 1.54) is 17.7 Å². The van der Waals surface area contributed by atoms with Crippen LogP contribution in [0.1, 0.15) is 24.9 Å². The average Bonchev–Trinajstić information content (AvgIpc) is 2.25. The maximum atomic E-state index is 4.01. The van der Waals surface area contributed by atoms with Gasteiger partial charge < -0.3 is 5.32 Å². The van der Waals surface area contributed by atoms with Crippen molar-refractivity contribution in [2.45, 2.75) is 19.4 Å². The zero-order valence-corrected chi connectivity index (χ0v) is 9.68. The topological polar surface area (TPSA) is 24.9 Å². The third-order valence-corrected chi connectivity index (χ3v) is 2.88. The molecule has 1 heterocycles. The lowest BCUT2D eigenvalue weighted by molar-refractivity contribution is 0.572. The van der Waals surface area contributed by atoms with E-state index in [2.05, 4.69) is 35.6 Å². The molecule has 0 saturated heterocycles. The number of rotatable bonds is 6. The summed E-state index contributed by atoms with van der Waals surface area (Å²) in [5, 5.41) is 3.49. The van der Waals surface area contributed by atoms with Crippen molar-refractivity contribution in [3.05, 3.63) is 30.1 Å². The molecule has 0 amide bonds. The highest BCUT2D eigenvalue weighted by molar-refractivity contribution is 7.98. The second-order valence-corrected chi connectivity index (χ2v) is 4.29. The Balaban J connectivity index is 2.25. The summed E-state index contributed by atoms with van der Waals surface area (Å²) in [5.74, 6) is 1.23. The van der Waals surface area contributed by atoms with E-state index in [1.54, 1.807) is 0 Å². The molecule has 1 N–H and O–H groups in total. The molecule has 14 heavy (non-hydrogen) atoms. The van der Waals surface area contributed by atoms with Gasteiger partial charge >= 0.3 is 0 Å². The summed E-state index contributed by atoms with van der Waals surface area (Å²) < 4.78 is 0. The molecule has 0 aromatic carbocycles. The van der Waals surface area contributed by atoms with Crippen molar-refractivity contribution < 1.29 is 0 Å². The average molecular weight is 210 g/mol. The van der Waals surface area contributed by atoms with Crippen molar-refractivity contribution in [3.63, 3.8) is 0 Å². The molecule has 1 rings (SSSR count). The zero-order valence-electron chi connectivity index (χ0n) is 8.86. The highest BCUT2D eigenvalue weighted by Crippen LogP contribution is 2.09. The lowest BCUT2D eigenvalue weighted by Gasteiger charge is -2.13. The molecule has 78 valence electrons. The monoisotopic (exact) mass is 210 g/mol. The first kappa shape index (κ1) is 11.5. The number of nitrogens with one attached hydrogen (secondary N) is 1. The van der Waals surface area contributed by atoms with Gasteiger partial charge in [0.2, 0.25) is 0 Å². The molecule has 2 nitrogen and oxygen atoms in total. The van der Waals surface area contributed by atoms with Crippen molar-refractivity contribution in [2.75, 3.05) is 18.6 Å². The minimum Gasteiger partial charge on any atom is -0.310 e. The molecule has 3 heteroatoms. The van der Waals surface area contributed by atoms with Crippen molar-refractivity contribution in [1.29, 1.82) is 0 Å². The molecular formula is C11H18N2S. The minimum atomic E-state index is 0.430. The predicted molar refractivity (Wildman–Crippen MR) is 63.7 cm³/mol. The first-order valence-corrected chi connectivity index (χ1v) is 6.36. The van der Waals surface area contributed by atoms with Gasteiger partial charge in [0.1, 0.15) is 0 Å². The van der Waals surface area contributed by atoms with Crippen LogP contribution in [0, 0.1) is 0 Å². The van der Waals surface area contributed by atoms with Crippen LogP contribution in [0.3, 0.4) is 0 Å². The van der Waals surface area contributed by atoms with Gasteiger partial charge in [-0.15, -0.1) is 0 Å². The van der Waals surface area contributed by atoms with Gasteiger partial charge in [-0.1, -0.05) is 0 Å². The number of thioether (sulfide) groups is 1. The van der Waals surface area contributed by atoms with E-state index >= 15 is 0 Å². The van der Waals surface area contributed by atoms with E-state index < -0.39 is 0 Å². The summed E-state index contributed by atoms with van der Waals surface area (Å²) in [7, 11) is 0. The van der Waals surface area contributed by atoms with E-state index in [4.69, 9.17) is 0 Å². The van der Waals surface area contributed by atoms with Crippen molar-refractivity contribution in [3.8, 4) is 0 Å². The third kappa shape index (κ3) is 4.11. The van der Waals surface area contributed by atoms with Crippen molar-refractivity contribution >= 4 is 11.8 Å². The molecule has 1 atom stereocenters. The summed E-state index contributed by atoms with van der Waals surface area (Å²) >= 11 is 1.90. The molecule has 0 spiro atoms. The van der Waals surface area contributed by atoms with Crippen LogP contribution in [0.25, 0.3) is 0 Å². The van der Waals surface area contributed by atoms with E-state index in [-0.39, 0.29) is 0 Å². The summed E-state index contributed by atoms with van der Waals surface area (Å²) in [6.07, 6.45) is 7.06. The maximum absolute atomic E-state index is 4.01. The van der Waals surface area contributed by atoms with E-state index in [9.17, 15) is 0 Å². The zero-order chi connectivity index (χ0) is 10.2. The summed E-state index contributed by atoms with van der Waals surface area (Å²) in [4.78, 5) is 4.01. The molecule has 0 unspecified atom stereocenters. The van der Waals surface area contributed by atoms with Crippen LogP contribution in [0.2, 0.25) is 0 Å². The van der Waals surface area contributed by atoms with Gasteiger partial charge in [-0.25, -0.2) is 0 Å². The largest absolute Gasteiger partial charge is 0.310 e. The maximum Gasteiger partial charge on any atom is 0.0292 e. The summed E-state index contributed by atoms with van der Waals surface area (Å²) in [5.41, 5.74) is 1.31. The smallest absolute Gasteiger partial charge is 0.0292 e. The van der Waals surface area contributed by atoms with E-state index in [1.807, 2.05) is 24.2 Å². The quantitative estimate of drug-likeness (QED) is 0.730. The second kappa shape index (κ2) is 6.85. The molecule has 0 bridgehead atoms. The van der Waals surface area contributed by atoms with E-state index in [0.29, 0.717) is 6.04 Å². The van der Waals surface area contributed by atoms with Crippen LogP contribution in [0.5, 0.6) is 0 Å². The molecule has 0 fully saturated rings. The third-order valence-electron chi connectivity index (χ3n) is 2.18. The Kier molecular flexibility index (Phi) is 5.64. The van der Waals surface area contributed by atoms with Gasteiger partial charge in [0.05, 0.1) is 0 Å². The van der Waals surface area contributed by atoms with E-state index in [0.717, 1.165) is 6.54 Å². The Labute approximate surface area is 90.5 Å². The highest BCUT2D eigenvalue weighted by Gasteiger charge is 2.02. The van der Waals surface area contributed by atoms with Crippen LogP contribution in [-0.4, -0.2) is 23.5 Å². The van der Waals surface area contributed by atoms with Gasteiger partial charge in [-0.2, -0.15) is 11.8 Å². The fourth-order valence-corrected chi connectivity index (χ4v) is 1.74. The molecular weight excluding hydrogens is 192 g/mol. The normalized spacial score (nSPS) is 12.7. The summed E-state index contributed by atoms with van der Waals surface area (Å²) in [6, 6.07) is 4.55. The van der Waals surface area contributed by atoms with Crippen LogP contribution >= 0.6 is 11.8 Å². The Bertz CT molecular complexity index is 238. The minimum absolute atomic E-state index is 0.430. The number of nitrogens with zero attached hydrogens (tertiary/aromatic N) is 1. The first-order valence-electron chi connectivity index (χ1n) is 4.97. The Hall–Kier alpha value is -0.540. The van der Waals surface area contributed by atoms with Gasteiger partial charge in [0.25, 0.3) is 0 Å². The standard InChI is InChI=1S/C11H18N2S/c1-10(13-6-3-9-14-2)11-4-7-12-8-5-11/h4-5,7-8,10,13H,3,6,9H2,1-2H3/t10-/m1/s1. The van der Waals surface area contributed by atoms with Gasteiger partial charge in [0, 0.05) is 18.4 Å². The second-order valence-electron chi connectivity index (χ2n) is 3.30. The first-order chi connectivity index (χ1) is 6.84. The summed E-state index contributed by atoms with van der Waals surface area (Å²) in [6.45, 7) is 3.28. The number of aromatic nitrogens is 1. The highest BCUT2D eigenvalue weighted by atomic mass is 32.2. The SMILES string of the molecule is CSCCCN[C@H](C)c1ccncc1. The van der Waals surface area contributed by atoms with Crippen molar-refractivity contribution in [1.82, 2.24) is 10.3 Å². The van der Waals surface area contributed by atoms with Gasteiger partial charge in [-0.05, 0) is 49.6 Å². The predicted octanol–water partition coefficient (Wildman–Crippen LogP) is 2.49. The Morgan fingerprint density at radius 1 is 1.43 bits per heavy atom. The van der Waals surface area contributed by atoms with Crippen LogP contribution < -0.4 is 5.32 Å². The molecule has 0 saturated carbocycles. The molecule has 1 aromatic heterocycles. The fraction of sp³-hybridized carbons (Fsp3) is 0.545. The molecule has 0 aliphatic rings. The number of hydrogen-bond acceptors (Lipinski definition) is 3. The van der Waals surface area contributed by atoms with Crippen molar-refractivity contribution in [2.24, 2.45) is 0 Å². The van der Waals surface area contributed by atoms with Gasteiger partial charge in [-0.3, -0.25) is 4.98 Å². The molecule has 0 radical (unpaired) electrons. The molecule has 0 aliphatic heterocycles. The van der Waals surface area contributed by atoms with Crippen LogP contribution in [-0.2, 0) is 0 Å². The Morgan fingerprint density at radius 3 is 2.79 bits per heavy atom. The Morgan fingerprint density at radius 2 is 2.14 bits per heavy atom. The lowest BCUT2D eigenvalue weighted by Crippen LogP contribution is -2.20. The van der Waals surface area contributed by atoms with Crippen LogP contribution in [0.4, 0.5) is 0 Å². The number of pyridine rings is 1. The van der Waals surface area contributed by atoms with Gasteiger partial charge in [0.15, 0.2) is 0 Å². The molecule has 0 aliphatic carbocycles. The molecule has 1 aromatic rings.